The van der Waals surface area contributed by atoms with E-state index in [1.807, 2.05) is 24.3 Å². The van der Waals surface area contributed by atoms with Gasteiger partial charge in [0.25, 0.3) is 0 Å². The largest absolute Gasteiger partial charge is 0.490 e. The van der Waals surface area contributed by atoms with Crippen LogP contribution in [-0.2, 0) is 6.42 Å². The summed E-state index contributed by atoms with van der Waals surface area (Å²) in [6.07, 6.45) is 9.19. The second kappa shape index (κ2) is 11.4. The Morgan fingerprint density at radius 3 is 1.80 bits per heavy atom. The first-order valence-corrected chi connectivity index (χ1v) is 9.48. The monoisotopic (exact) mass is 341 g/mol. The second-order valence-corrected chi connectivity index (χ2v) is 6.43. The lowest BCUT2D eigenvalue weighted by molar-refractivity contribution is 0.217. The predicted molar refractivity (Wildman–Crippen MR) is 105 cm³/mol. The van der Waals surface area contributed by atoms with Gasteiger partial charge in [-0.1, -0.05) is 51.2 Å². The van der Waals surface area contributed by atoms with Gasteiger partial charge in [-0.2, -0.15) is 0 Å². The molecule has 0 spiro atoms. The summed E-state index contributed by atoms with van der Waals surface area (Å²) in [4.78, 5) is 0. The quantitative estimate of drug-likeness (QED) is 0.402. The fourth-order valence-electron chi connectivity index (χ4n) is 2.74. The van der Waals surface area contributed by atoms with Gasteiger partial charge in [-0.15, -0.1) is 0 Å². The van der Waals surface area contributed by atoms with Crippen LogP contribution in [-0.4, -0.2) is 13.2 Å². The molecule has 25 heavy (non-hydrogen) atoms. The number of benzene rings is 2. The normalized spacial score (nSPS) is 10.6. The lowest BCUT2D eigenvalue weighted by Gasteiger charge is -2.09. The molecule has 0 unspecified atom stereocenters. The molecule has 2 aromatic carbocycles. The van der Waals surface area contributed by atoms with Crippen molar-refractivity contribution in [3.63, 3.8) is 0 Å². The fraction of sp³-hybridized carbons (Fsp3) is 0.455. The highest BCUT2D eigenvalue weighted by Gasteiger charge is 1.98. The molecular formula is C22H31NO2. The molecule has 3 heteroatoms. The Labute approximate surface area is 152 Å². The summed E-state index contributed by atoms with van der Waals surface area (Å²) in [6.45, 7) is 3.30. The molecule has 0 heterocycles. The third-order valence-corrected chi connectivity index (χ3v) is 4.24. The van der Waals surface area contributed by atoms with Gasteiger partial charge in [-0.3, -0.25) is 0 Å². The zero-order chi connectivity index (χ0) is 17.7. The van der Waals surface area contributed by atoms with Gasteiger partial charge in [0.1, 0.15) is 24.7 Å². The Hall–Kier alpha value is -2.16. The summed E-state index contributed by atoms with van der Waals surface area (Å²) < 4.78 is 11.3. The summed E-state index contributed by atoms with van der Waals surface area (Å²) in [5.41, 5.74) is 7.78. The van der Waals surface area contributed by atoms with Crippen molar-refractivity contribution < 1.29 is 9.47 Å². The van der Waals surface area contributed by atoms with Crippen molar-refractivity contribution in [3.05, 3.63) is 54.1 Å². The van der Waals surface area contributed by atoms with Crippen LogP contribution in [0.25, 0.3) is 0 Å². The summed E-state index contributed by atoms with van der Waals surface area (Å²) in [7, 11) is 0. The van der Waals surface area contributed by atoms with Crippen molar-refractivity contribution in [2.45, 2.75) is 51.9 Å². The van der Waals surface area contributed by atoms with E-state index >= 15 is 0 Å². The Balaban J connectivity index is 1.59. The Morgan fingerprint density at radius 1 is 0.680 bits per heavy atom. The number of hydrogen-bond donors (Lipinski definition) is 1. The molecule has 2 aromatic rings. The minimum Gasteiger partial charge on any atom is -0.490 e. The van der Waals surface area contributed by atoms with Crippen LogP contribution in [0, 0.1) is 0 Å². The topological polar surface area (TPSA) is 44.5 Å². The molecule has 136 valence electrons. The Bertz CT molecular complexity index is 578. The van der Waals surface area contributed by atoms with Gasteiger partial charge in [0, 0.05) is 5.69 Å². The average Bonchev–Trinajstić information content (AvgIpc) is 2.64. The summed E-state index contributed by atoms with van der Waals surface area (Å²) in [5, 5.41) is 0. The predicted octanol–water partition coefficient (Wildman–Crippen LogP) is 5.63. The number of aryl methyl sites for hydroxylation is 1. The van der Waals surface area contributed by atoms with E-state index in [0.29, 0.717) is 13.2 Å². The summed E-state index contributed by atoms with van der Waals surface area (Å²) in [6, 6.07) is 15.8. The first-order valence-electron chi connectivity index (χ1n) is 9.48. The number of nitrogens with two attached hydrogens (primary N) is 1. The molecule has 0 amide bonds. The number of ether oxygens (including phenoxy) is 2. The van der Waals surface area contributed by atoms with Gasteiger partial charge in [0.05, 0.1) is 0 Å². The zero-order valence-electron chi connectivity index (χ0n) is 15.4. The van der Waals surface area contributed by atoms with Crippen LogP contribution in [0.2, 0.25) is 0 Å². The van der Waals surface area contributed by atoms with Gasteiger partial charge in [-0.05, 0) is 54.8 Å². The molecule has 0 atom stereocenters. The van der Waals surface area contributed by atoms with Crippen molar-refractivity contribution >= 4 is 5.69 Å². The van der Waals surface area contributed by atoms with Crippen LogP contribution in [0.15, 0.2) is 48.5 Å². The zero-order valence-corrected chi connectivity index (χ0v) is 15.4. The highest BCUT2D eigenvalue weighted by Crippen LogP contribution is 2.16. The van der Waals surface area contributed by atoms with E-state index in [2.05, 4.69) is 31.2 Å². The van der Waals surface area contributed by atoms with Crippen LogP contribution in [0.5, 0.6) is 11.5 Å². The molecule has 0 aliphatic heterocycles. The average molecular weight is 341 g/mol. The number of nitrogen functional groups attached to an aromatic ring is 1. The minimum atomic E-state index is 0.517. The Kier molecular flexibility index (Phi) is 8.74. The molecule has 0 saturated heterocycles. The van der Waals surface area contributed by atoms with Crippen molar-refractivity contribution in [2.24, 2.45) is 0 Å². The van der Waals surface area contributed by atoms with E-state index in [1.165, 1.54) is 44.1 Å². The standard InChI is InChI=1S/C22H31NO2/c1-2-3-4-5-6-7-8-19-9-13-21(14-10-19)24-17-18-25-22-15-11-20(23)12-16-22/h9-16H,2-8,17-18,23H2,1H3. The van der Waals surface area contributed by atoms with E-state index < -0.39 is 0 Å². The molecule has 0 radical (unpaired) electrons. The van der Waals surface area contributed by atoms with E-state index in [-0.39, 0.29) is 0 Å². The van der Waals surface area contributed by atoms with Gasteiger partial charge in [0.15, 0.2) is 0 Å². The maximum atomic E-state index is 5.73. The molecule has 3 nitrogen and oxygen atoms in total. The van der Waals surface area contributed by atoms with Crippen LogP contribution < -0.4 is 15.2 Å². The van der Waals surface area contributed by atoms with Crippen molar-refractivity contribution in [3.8, 4) is 11.5 Å². The van der Waals surface area contributed by atoms with E-state index in [1.54, 1.807) is 0 Å². The van der Waals surface area contributed by atoms with E-state index in [9.17, 15) is 0 Å². The van der Waals surface area contributed by atoms with E-state index in [4.69, 9.17) is 15.2 Å². The third kappa shape index (κ3) is 7.97. The third-order valence-electron chi connectivity index (χ3n) is 4.24. The van der Waals surface area contributed by atoms with Crippen LogP contribution in [0.3, 0.4) is 0 Å². The maximum Gasteiger partial charge on any atom is 0.122 e. The molecule has 2 rings (SSSR count). The van der Waals surface area contributed by atoms with Gasteiger partial charge < -0.3 is 15.2 Å². The smallest absolute Gasteiger partial charge is 0.122 e. The second-order valence-electron chi connectivity index (χ2n) is 6.43. The molecule has 0 aromatic heterocycles. The molecule has 0 aliphatic carbocycles. The van der Waals surface area contributed by atoms with Crippen molar-refractivity contribution in [1.29, 1.82) is 0 Å². The van der Waals surface area contributed by atoms with Crippen LogP contribution >= 0.6 is 0 Å². The number of hydrogen-bond acceptors (Lipinski definition) is 3. The Morgan fingerprint density at radius 2 is 1.20 bits per heavy atom. The lowest BCUT2D eigenvalue weighted by Crippen LogP contribution is -2.09. The molecule has 2 N–H and O–H groups in total. The van der Waals surface area contributed by atoms with Gasteiger partial charge >= 0.3 is 0 Å². The number of unbranched alkanes of at least 4 members (excludes halogenated alkanes) is 5. The van der Waals surface area contributed by atoms with Crippen LogP contribution in [0.1, 0.15) is 51.0 Å². The van der Waals surface area contributed by atoms with Crippen molar-refractivity contribution in [1.82, 2.24) is 0 Å². The van der Waals surface area contributed by atoms with Gasteiger partial charge in [-0.25, -0.2) is 0 Å². The molecule has 0 aliphatic rings. The first kappa shape index (κ1) is 19.2. The highest BCUT2D eigenvalue weighted by atomic mass is 16.5. The molecule has 0 saturated carbocycles. The minimum absolute atomic E-state index is 0.517. The molecule has 0 bridgehead atoms. The van der Waals surface area contributed by atoms with Crippen LogP contribution in [0.4, 0.5) is 5.69 Å². The highest BCUT2D eigenvalue weighted by molar-refractivity contribution is 5.41. The molecule has 0 fully saturated rings. The molecular weight excluding hydrogens is 310 g/mol. The number of rotatable bonds is 12. The first-order chi connectivity index (χ1) is 12.3. The lowest BCUT2D eigenvalue weighted by atomic mass is 10.0. The van der Waals surface area contributed by atoms with Crippen molar-refractivity contribution in [2.75, 3.05) is 18.9 Å². The van der Waals surface area contributed by atoms with E-state index in [0.717, 1.165) is 23.6 Å². The summed E-state index contributed by atoms with van der Waals surface area (Å²) >= 11 is 0. The maximum absolute atomic E-state index is 5.73. The summed E-state index contributed by atoms with van der Waals surface area (Å²) in [5.74, 6) is 1.71. The fourth-order valence-corrected chi connectivity index (χ4v) is 2.74. The van der Waals surface area contributed by atoms with Gasteiger partial charge in [0.2, 0.25) is 0 Å². The SMILES string of the molecule is CCCCCCCCc1ccc(OCCOc2ccc(N)cc2)cc1. The number of anilines is 1.